The molecule has 0 aliphatic rings. The van der Waals surface area contributed by atoms with E-state index in [9.17, 15) is 18.0 Å². The number of anilines is 1. The lowest BCUT2D eigenvalue weighted by Gasteiger charge is -2.17. The number of alkyl halides is 3. The van der Waals surface area contributed by atoms with Crippen molar-refractivity contribution < 1.29 is 23.1 Å². The zero-order chi connectivity index (χ0) is 13.8. The lowest BCUT2D eigenvalue weighted by atomic mass is 10.2. The van der Waals surface area contributed by atoms with Crippen molar-refractivity contribution in [3.8, 4) is 0 Å². The van der Waals surface area contributed by atoms with Gasteiger partial charge in [-0.1, -0.05) is 6.08 Å². The molecule has 0 radical (unpaired) electrons. The molecule has 7 heteroatoms. The van der Waals surface area contributed by atoms with Crippen LogP contribution in [0.1, 0.15) is 12.0 Å². The Balaban J connectivity index is 3.03. The van der Waals surface area contributed by atoms with E-state index in [1.54, 1.807) is 0 Å². The van der Waals surface area contributed by atoms with Crippen molar-refractivity contribution in [1.29, 1.82) is 0 Å². The van der Waals surface area contributed by atoms with Crippen molar-refractivity contribution in [3.63, 3.8) is 0 Å². The molecule has 18 heavy (non-hydrogen) atoms. The van der Waals surface area contributed by atoms with E-state index >= 15 is 0 Å². The van der Waals surface area contributed by atoms with Crippen LogP contribution >= 0.6 is 0 Å². The first-order valence-electron chi connectivity index (χ1n) is 4.98. The minimum Gasteiger partial charge on any atom is -0.480 e. The molecule has 0 aliphatic carbocycles. The molecule has 1 atom stereocenters. The fourth-order valence-electron chi connectivity index (χ4n) is 1.30. The van der Waals surface area contributed by atoms with Crippen LogP contribution in [0.3, 0.4) is 0 Å². The molecule has 0 amide bonds. The summed E-state index contributed by atoms with van der Waals surface area (Å²) in [4.78, 5) is 14.4. The Morgan fingerprint density at radius 1 is 1.61 bits per heavy atom. The minimum absolute atomic E-state index is 0.0107. The lowest BCUT2D eigenvalue weighted by molar-refractivity contribution is -0.139. The Hall–Kier alpha value is -2.05. The monoisotopic (exact) mass is 260 g/mol. The zero-order valence-corrected chi connectivity index (χ0v) is 9.24. The summed E-state index contributed by atoms with van der Waals surface area (Å²) in [5.74, 6) is -1.77. The predicted molar refractivity (Wildman–Crippen MR) is 59.1 cm³/mol. The smallest absolute Gasteiger partial charge is 0.419 e. The average molecular weight is 260 g/mol. The van der Waals surface area contributed by atoms with Gasteiger partial charge < -0.3 is 10.4 Å². The van der Waals surface area contributed by atoms with E-state index in [0.717, 1.165) is 18.3 Å². The number of hydrogen-bond donors (Lipinski definition) is 2. The van der Waals surface area contributed by atoms with Crippen LogP contribution in [-0.2, 0) is 11.0 Å². The molecule has 0 fully saturated rings. The summed E-state index contributed by atoms with van der Waals surface area (Å²) in [6.07, 6.45) is -2.14. The van der Waals surface area contributed by atoms with E-state index in [4.69, 9.17) is 5.11 Å². The molecule has 0 aliphatic heterocycles. The summed E-state index contributed by atoms with van der Waals surface area (Å²) in [6, 6.07) is 0.776. The highest BCUT2D eigenvalue weighted by Crippen LogP contribution is 2.33. The molecule has 0 saturated carbocycles. The highest BCUT2D eigenvalue weighted by Gasteiger charge is 2.35. The molecule has 2 N–H and O–H groups in total. The topological polar surface area (TPSA) is 62.2 Å². The SMILES string of the molecule is C=CCC(Nc1ncccc1C(F)(F)F)C(=O)O. The number of carboxylic acid groups (broad SMARTS) is 1. The van der Waals surface area contributed by atoms with Gasteiger partial charge in [0.05, 0.1) is 5.56 Å². The highest BCUT2D eigenvalue weighted by atomic mass is 19.4. The second-order valence-electron chi connectivity index (χ2n) is 3.46. The first kappa shape index (κ1) is 14.0. The third-order valence-electron chi connectivity index (χ3n) is 2.12. The van der Waals surface area contributed by atoms with E-state index in [2.05, 4.69) is 16.9 Å². The largest absolute Gasteiger partial charge is 0.480 e. The Labute approximate surface area is 101 Å². The molecule has 4 nitrogen and oxygen atoms in total. The van der Waals surface area contributed by atoms with Crippen LogP contribution in [0.15, 0.2) is 31.0 Å². The Morgan fingerprint density at radius 2 is 2.28 bits per heavy atom. The summed E-state index contributed by atoms with van der Waals surface area (Å²) >= 11 is 0. The number of carboxylic acids is 1. The normalized spacial score (nSPS) is 12.8. The fourth-order valence-corrected chi connectivity index (χ4v) is 1.30. The summed E-state index contributed by atoms with van der Waals surface area (Å²) < 4.78 is 37.9. The highest BCUT2D eigenvalue weighted by molar-refractivity contribution is 5.77. The van der Waals surface area contributed by atoms with Crippen molar-refractivity contribution in [2.24, 2.45) is 0 Å². The summed E-state index contributed by atoms with van der Waals surface area (Å²) in [5.41, 5.74) is -1.000. The maximum absolute atomic E-state index is 12.6. The standard InChI is InChI=1S/C11H11F3N2O2/c1-2-4-8(10(17)18)16-9-7(11(12,13)14)5-3-6-15-9/h2-3,5-6,8H,1,4H2,(H,15,16)(H,17,18). The van der Waals surface area contributed by atoms with Gasteiger partial charge in [0.15, 0.2) is 0 Å². The Kier molecular flexibility index (Phi) is 4.30. The second kappa shape index (κ2) is 5.52. The average Bonchev–Trinajstić information content (AvgIpc) is 2.27. The zero-order valence-electron chi connectivity index (χ0n) is 9.24. The van der Waals surface area contributed by atoms with E-state index in [1.807, 2.05) is 0 Å². The summed E-state index contributed by atoms with van der Waals surface area (Å²) in [7, 11) is 0. The van der Waals surface area contributed by atoms with Gasteiger partial charge in [-0.2, -0.15) is 13.2 Å². The predicted octanol–water partition coefficient (Wildman–Crippen LogP) is 2.54. The third-order valence-corrected chi connectivity index (χ3v) is 2.12. The van der Waals surface area contributed by atoms with Crippen molar-refractivity contribution >= 4 is 11.8 Å². The first-order chi connectivity index (χ1) is 8.36. The van der Waals surface area contributed by atoms with Crippen LogP contribution in [0.25, 0.3) is 0 Å². The quantitative estimate of drug-likeness (QED) is 0.798. The van der Waals surface area contributed by atoms with Gasteiger partial charge in [0.1, 0.15) is 11.9 Å². The molecule has 0 bridgehead atoms. The van der Waals surface area contributed by atoms with Crippen molar-refractivity contribution in [2.75, 3.05) is 5.32 Å². The van der Waals surface area contributed by atoms with Crippen LogP contribution in [0.2, 0.25) is 0 Å². The van der Waals surface area contributed by atoms with E-state index in [0.29, 0.717) is 0 Å². The van der Waals surface area contributed by atoms with Gasteiger partial charge in [-0.25, -0.2) is 9.78 Å². The number of halogens is 3. The number of pyridine rings is 1. The maximum atomic E-state index is 12.6. The van der Waals surface area contributed by atoms with Crippen molar-refractivity contribution in [3.05, 3.63) is 36.5 Å². The Morgan fingerprint density at radius 3 is 2.78 bits per heavy atom. The molecule has 1 heterocycles. The number of aliphatic carboxylic acids is 1. The first-order valence-corrected chi connectivity index (χ1v) is 4.98. The summed E-state index contributed by atoms with van der Waals surface area (Å²) in [5, 5.41) is 11.1. The number of nitrogens with zero attached hydrogens (tertiary/aromatic N) is 1. The van der Waals surface area contributed by atoms with Gasteiger partial charge in [-0.05, 0) is 18.6 Å². The number of aromatic nitrogens is 1. The Bertz CT molecular complexity index is 446. The molecule has 1 aromatic rings. The van der Waals surface area contributed by atoms with Crippen LogP contribution in [0.4, 0.5) is 19.0 Å². The van der Waals surface area contributed by atoms with Gasteiger partial charge in [0.25, 0.3) is 0 Å². The maximum Gasteiger partial charge on any atom is 0.419 e. The lowest BCUT2D eigenvalue weighted by Crippen LogP contribution is -2.30. The number of carbonyl (C=O) groups is 1. The van der Waals surface area contributed by atoms with E-state index in [1.165, 1.54) is 6.08 Å². The fraction of sp³-hybridized carbons (Fsp3) is 0.273. The molecule has 0 aromatic carbocycles. The molecule has 0 saturated heterocycles. The van der Waals surface area contributed by atoms with Gasteiger partial charge in [0, 0.05) is 6.20 Å². The van der Waals surface area contributed by atoms with Crippen LogP contribution in [0.5, 0.6) is 0 Å². The number of rotatable bonds is 5. The van der Waals surface area contributed by atoms with Crippen LogP contribution in [-0.4, -0.2) is 22.1 Å². The van der Waals surface area contributed by atoms with Gasteiger partial charge >= 0.3 is 12.1 Å². The van der Waals surface area contributed by atoms with Gasteiger partial charge in [-0.15, -0.1) is 6.58 Å². The minimum atomic E-state index is -4.59. The molecular formula is C11H11F3N2O2. The molecule has 1 rings (SSSR count). The number of hydrogen-bond acceptors (Lipinski definition) is 3. The van der Waals surface area contributed by atoms with E-state index < -0.39 is 29.6 Å². The van der Waals surface area contributed by atoms with E-state index in [-0.39, 0.29) is 6.42 Å². The second-order valence-corrected chi connectivity index (χ2v) is 3.46. The summed E-state index contributed by atoms with van der Waals surface area (Å²) in [6.45, 7) is 3.35. The van der Waals surface area contributed by atoms with Gasteiger partial charge in [0.2, 0.25) is 0 Å². The van der Waals surface area contributed by atoms with Crippen molar-refractivity contribution in [2.45, 2.75) is 18.6 Å². The van der Waals surface area contributed by atoms with Crippen LogP contribution in [0, 0.1) is 0 Å². The molecule has 1 unspecified atom stereocenters. The van der Waals surface area contributed by atoms with Crippen LogP contribution < -0.4 is 5.32 Å². The molecule has 1 aromatic heterocycles. The molecule has 0 spiro atoms. The van der Waals surface area contributed by atoms with Gasteiger partial charge in [-0.3, -0.25) is 0 Å². The third kappa shape index (κ3) is 3.47. The van der Waals surface area contributed by atoms with Crippen molar-refractivity contribution in [1.82, 2.24) is 4.98 Å². The molecular weight excluding hydrogens is 249 g/mol. The number of nitrogens with one attached hydrogen (secondary N) is 1. The molecule has 98 valence electrons.